The molecular weight excluding hydrogens is 195 g/mol. The Hall–Kier alpha value is -1.52. The lowest BCUT2D eigenvalue weighted by Crippen LogP contribution is -2.04. The normalized spacial score (nSPS) is 12.7. The molecule has 1 aromatic rings. The summed E-state index contributed by atoms with van der Waals surface area (Å²) in [7, 11) is 1.19. The van der Waals surface area contributed by atoms with E-state index in [0.717, 1.165) is 0 Å². The molecule has 1 rings (SSSR count). The van der Waals surface area contributed by atoms with Gasteiger partial charge in [-0.1, -0.05) is 0 Å². The molecule has 0 bridgehead atoms. The van der Waals surface area contributed by atoms with Crippen LogP contribution in [0.1, 0.15) is 5.56 Å². The predicted octanol–water partition coefficient (Wildman–Crippen LogP) is 2.63. The fourth-order valence-electron chi connectivity index (χ4n) is 0.917. The smallest absolute Gasteiger partial charge is 0.413 e. The van der Waals surface area contributed by atoms with E-state index in [1.54, 1.807) is 6.07 Å². The number of nitrogens with zero attached hydrogens (tertiary/aromatic N) is 1. The fraction of sp³-hybridized carbons (Fsp3) is 0.222. The molecule has 0 aliphatic heterocycles. The van der Waals surface area contributed by atoms with Crippen LogP contribution in [0.15, 0.2) is 30.6 Å². The number of alkyl halides is 3. The molecule has 0 spiro atoms. The molecule has 0 saturated heterocycles. The van der Waals surface area contributed by atoms with E-state index in [0.29, 0.717) is 5.56 Å². The van der Waals surface area contributed by atoms with Gasteiger partial charge < -0.3 is 4.74 Å². The largest absolute Gasteiger partial charge is 0.496 e. The third-order valence-corrected chi connectivity index (χ3v) is 1.46. The molecule has 14 heavy (non-hydrogen) atoms. The van der Waals surface area contributed by atoms with E-state index in [9.17, 15) is 13.2 Å². The second kappa shape index (κ2) is 4.13. The third kappa shape index (κ3) is 3.08. The first-order valence-electron chi connectivity index (χ1n) is 3.77. The quantitative estimate of drug-likeness (QED) is 0.689. The molecule has 1 aromatic heterocycles. The van der Waals surface area contributed by atoms with Gasteiger partial charge in [-0.05, 0) is 12.1 Å². The molecule has 0 fully saturated rings. The van der Waals surface area contributed by atoms with Crippen molar-refractivity contribution in [3.63, 3.8) is 0 Å². The lowest BCUT2D eigenvalue weighted by Gasteiger charge is -2.07. The Kier molecular flexibility index (Phi) is 3.11. The van der Waals surface area contributed by atoms with Crippen LogP contribution in [0.4, 0.5) is 13.2 Å². The summed E-state index contributed by atoms with van der Waals surface area (Å²) in [4.78, 5) is 3.70. The van der Waals surface area contributed by atoms with Gasteiger partial charge >= 0.3 is 6.18 Å². The number of aromatic nitrogens is 1. The Balaban J connectivity index is 3.00. The molecule has 5 heteroatoms. The van der Waals surface area contributed by atoms with E-state index in [1.165, 1.54) is 25.6 Å². The molecule has 0 unspecified atom stereocenters. The van der Waals surface area contributed by atoms with Crippen LogP contribution in [0.25, 0.3) is 5.76 Å². The van der Waals surface area contributed by atoms with Gasteiger partial charge in [0.1, 0.15) is 5.76 Å². The highest BCUT2D eigenvalue weighted by atomic mass is 19.4. The van der Waals surface area contributed by atoms with Crippen LogP contribution in [0.3, 0.4) is 0 Å². The fourth-order valence-corrected chi connectivity index (χ4v) is 0.917. The van der Waals surface area contributed by atoms with Gasteiger partial charge in [-0.25, -0.2) is 0 Å². The monoisotopic (exact) mass is 203 g/mol. The molecule has 0 aliphatic carbocycles. The average molecular weight is 203 g/mol. The first-order valence-corrected chi connectivity index (χ1v) is 3.77. The van der Waals surface area contributed by atoms with Crippen LogP contribution in [0.2, 0.25) is 0 Å². The van der Waals surface area contributed by atoms with Crippen LogP contribution in [0, 0.1) is 0 Å². The standard InChI is InChI=1S/C9H8F3NO/c1-14-8(5-9(10,11)12)7-3-2-4-13-6-7/h2-6H,1H3/b8-5+. The minimum Gasteiger partial charge on any atom is -0.496 e. The summed E-state index contributed by atoms with van der Waals surface area (Å²) in [6.45, 7) is 0. The van der Waals surface area contributed by atoms with Gasteiger partial charge in [0, 0.05) is 18.0 Å². The van der Waals surface area contributed by atoms with Gasteiger partial charge in [-0.15, -0.1) is 0 Å². The van der Waals surface area contributed by atoms with E-state index >= 15 is 0 Å². The van der Waals surface area contributed by atoms with Crippen molar-refractivity contribution in [1.82, 2.24) is 4.98 Å². The summed E-state index contributed by atoms with van der Waals surface area (Å²) in [5.74, 6) is -0.245. The maximum Gasteiger partial charge on any atom is 0.413 e. The summed E-state index contributed by atoms with van der Waals surface area (Å²) < 4.78 is 40.6. The highest BCUT2D eigenvalue weighted by Gasteiger charge is 2.25. The minimum absolute atomic E-state index is 0.101. The zero-order valence-electron chi connectivity index (χ0n) is 7.38. The Bertz CT molecular complexity index is 319. The van der Waals surface area contributed by atoms with E-state index < -0.39 is 6.18 Å². The number of hydrogen-bond donors (Lipinski definition) is 0. The van der Waals surface area contributed by atoms with Crippen molar-refractivity contribution < 1.29 is 17.9 Å². The van der Waals surface area contributed by atoms with E-state index in [-0.39, 0.29) is 11.8 Å². The van der Waals surface area contributed by atoms with E-state index in [4.69, 9.17) is 0 Å². The maximum atomic E-state index is 12.0. The Morgan fingerprint density at radius 2 is 2.21 bits per heavy atom. The first-order chi connectivity index (χ1) is 6.53. The summed E-state index contributed by atoms with van der Waals surface area (Å²) >= 11 is 0. The van der Waals surface area contributed by atoms with Crippen LogP contribution in [-0.2, 0) is 4.74 Å². The molecule has 76 valence electrons. The summed E-state index contributed by atoms with van der Waals surface area (Å²) in [5, 5.41) is 0. The summed E-state index contributed by atoms with van der Waals surface area (Å²) in [6, 6.07) is 3.03. The molecule has 0 aliphatic rings. The predicted molar refractivity (Wildman–Crippen MR) is 45.3 cm³/mol. The maximum absolute atomic E-state index is 12.0. The van der Waals surface area contributed by atoms with Gasteiger partial charge in [-0.2, -0.15) is 13.2 Å². The number of ether oxygens (including phenoxy) is 1. The second-order valence-electron chi connectivity index (χ2n) is 2.50. The zero-order chi connectivity index (χ0) is 10.6. The van der Waals surface area contributed by atoms with Gasteiger partial charge in [-0.3, -0.25) is 4.98 Å². The number of allylic oxidation sites excluding steroid dienone is 1. The highest BCUT2D eigenvalue weighted by Crippen LogP contribution is 2.23. The SMILES string of the molecule is CO/C(=C/C(F)(F)F)c1cccnc1. The number of rotatable bonds is 2. The van der Waals surface area contributed by atoms with Crippen molar-refractivity contribution in [1.29, 1.82) is 0 Å². The highest BCUT2D eigenvalue weighted by molar-refractivity contribution is 5.59. The zero-order valence-corrected chi connectivity index (χ0v) is 7.38. The van der Waals surface area contributed by atoms with Crippen molar-refractivity contribution in [2.24, 2.45) is 0 Å². The van der Waals surface area contributed by atoms with Crippen molar-refractivity contribution >= 4 is 5.76 Å². The Labute approximate surface area is 79.0 Å². The van der Waals surface area contributed by atoms with Crippen molar-refractivity contribution in [2.45, 2.75) is 6.18 Å². The molecule has 0 aromatic carbocycles. The van der Waals surface area contributed by atoms with Crippen LogP contribution in [0.5, 0.6) is 0 Å². The van der Waals surface area contributed by atoms with Gasteiger partial charge in [0.05, 0.1) is 13.2 Å². The lowest BCUT2D eigenvalue weighted by atomic mass is 10.2. The molecule has 1 heterocycles. The number of hydrogen-bond acceptors (Lipinski definition) is 2. The minimum atomic E-state index is -4.39. The van der Waals surface area contributed by atoms with E-state index in [2.05, 4.69) is 9.72 Å². The van der Waals surface area contributed by atoms with Gasteiger partial charge in [0.25, 0.3) is 0 Å². The molecule has 0 saturated carbocycles. The van der Waals surface area contributed by atoms with Crippen molar-refractivity contribution in [3.05, 3.63) is 36.2 Å². The van der Waals surface area contributed by atoms with E-state index in [1.807, 2.05) is 0 Å². The summed E-state index contributed by atoms with van der Waals surface area (Å²) in [6.07, 6.45) is -1.50. The average Bonchev–Trinajstić information content (AvgIpc) is 2.14. The van der Waals surface area contributed by atoms with Gasteiger partial charge in [0.2, 0.25) is 0 Å². The molecule has 2 nitrogen and oxygen atoms in total. The van der Waals surface area contributed by atoms with Crippen LogP contribution >= 0.6 is 0 Å². The second-order valence-corrected chi connectivity index (χ2v) is 2.50. The molecular formula is C9H8F3NO. The first kappa shape index (κ1) is 10.6. The Morgan fingerprint density at radius 1 is 1.50 bits per heavy atom. The van der Waals surface area contributed by atoms with Crippen molar-refractivity contribution in [3.8, 4) is 0 Å². The molecule has 0 radical (unpaired) electrons. The number of methoxy groups -OCH3 is 1. The Morgan fingerprint density at radius 3 is 2.64 bits per heavy atom. The summed E-state index contributed by atoms with van der Waals surface area (Å²) in [5.41, 5.74) is 0.298. The number of pyridine rings is 1. The number of halogens is 3. The van der Waals surface area contributed by atoms with Crippen LogP contribution < -0.4 is 0 Å². The van der Waals surface area contributed by atoms with Gasteiger partial charge in [0.15, 0.2) is 0 Å². The van der Waals surface area contributed by atoms with Crippen molar-refractivity contribution in [2.75, 3.05) is 7.11 Å². The van der Waals surface area contributed by atoms with Crippen LogP contribution in [-0.4, -0.2) is 18.3 Å². The lowest BCUT2D eigenvalue weighted by molar-refractivity contribution is -0.0804. The third-order valence-electron chi connectivity index (χ3n) is 1.46. The molecule has 0 N–H and O–H groups in total. The molecule has 0 amide bonds. The molecule has 0 atom stereocenters. The topological polar surface area (TPSA) is 22.1 Å².